The molecule has 2 saturated heterocycles. The summed E-state index contributed by atoms with van der Waals surface area (Å²) in [4.78, 5) is 34.7. The molecule has 0 atom stereocenters. The summed E-state index contributed by atoms with van der Waals surface area (Å²) in [5.41, 5.74) is 2.11. The first-order valence-electron chi connectivity index (χ1n) is 13.9. The van der Waals surface area contributed by atoms with Crippen LogP contribution < -0.4 is 9.64 Å². The van der Waals surface area contributed by atoms with Crippen molar-refractivity contribution in [1.29, 1.82) is 0 Å². The monoisotopic (exact) mass is 578 g/mol. The molecule has 2 fully saturated rings. The molecule has 3 aromatic rings. The van der Waals surface area contributed by atoms with Crippen LogP contribution in [-0.4, -0.2) is 116 Å². The lowest BCUT2D eigenvalue weighted by Crippen LogP contribution is -2.53. The summed E-state index contributed by atoms with van der Waals surface area (Å²) in [5, 5.41) is 9.23. The van der Waals surface area contributed by atoms with Gasteiger partial charge >= 0.3 is 0 Å². The maximum atomic E-state index is 13.5. The topological polar surface area (TPSA) is 91.3 Å². The van der Waals surface area contributed by atoms with Crippen molar-refractivity contribution in [3.8, 4) is 17.0 Å². The summed E-state index contributed by atoms with van der Waals surface area (Å²) >= 11 is 6.34. The van der Waals surface area contributed by atoms with Crippen molar-refractivity contribution in [1.82, 2.24) is 24.9 Å². The van der Waals surface area contributed by atoms with Gasteiger partial charge in [-0.05, 0) is 36.4 Å². The summed E-state index contributed by atoms with van der Waals surface area (Å²) in [6.45, 7) is 6.42. The van der Waals surface area contributed by atoms with E-state index in [-0.39, 0.29) is 18.4 Å². The normalized spacial score (nSPS) is 16.0. The highest BCUT2D eigenvalue weighted by molar-refractivity contribution is 6.33. The Morgan fingerprint density at radius 2 is 1.73 bits per heavy atom. The Bertz CT molecular complexity index is 1330. The molecule has 41 heavy (non-hydrogen) atoms. The largest absolute Gasteiger partial charge is 0.497 e. The summed E-state index contributed by atoms with van der Waals surface area (Å²) in [5.74, 6) is 1.22. The second-order valence-electron chi connectivity index (χ2n) is 10.0. The maximum Gasteiger partial charge on any atom is 0.255 e. The van der Waals surface area contributed by atoms with Crippen LogP contribution in [0.15, 0.2) is 60.7 Å². The van der Waals surface area contributed by atoms with Crippen molar-refractivity contribution in [2.45, 2.75) is 0 Å². The number of carbonyl (C=O) groups excluding carboxylic acids is 2. The number of methoxy groups -OCH3 is 1. The molecule has 0 radical (unpaired) electrons. The number of aromatic nitrogens is 2. The third kappa shape index (κ3) is 7.32. The van der Waals surface area contributed by atoms with Crippen LogP contribution in [0.25, 0.3) is 11.3 Å². The molecule has 1 aromatic heterocycles. The third-order valence-corrected chi connectivity index (χ3v) is 7.81. The first kappa shape index (κ1) is 28.8. The van der Waals surface area contributed by atoms with Crippen LogP contribution in [-0.2, 0) is 9.53 Å². The van der Waals surface area contributed by atoms with Crippen molar-refractivity contribution in [3.05, 3.63) is 71.2 Å². The number of hydrogen-bond donors (Lipinski definition) is 0. The molecule has 10 nitrogen and oxygen atoms in total. The lowest BCUT2D eigenvalue weighted by molar-refractivity contribution is -0.132. The number of nitrogens with zero attached hydrogens (tertiary/aromatic N) is 6. The van der Waals surface area contributed by atoms with E-state index < -0.39 is 0 Å². The minimum Gasteiger partial charge on any atom is -0.497 e. The molecule has 2 aliphatic heterocycles. The maximum absolute atomic E-state index is 13.5. The SMILES string of the molecule is COc1cccc(-c2ccc(N3CCN(C(=O)CN(CCN4CCOCC4)C(=O)c4ccccc4Cl)CC3)nn2)c1. The Labute approximate surface area is 245 Å². The Balaban J connectivity index is 1.19. The lowest BCUT2D eigenvalue weighted by Gasteiger charge is -2.36. The Kier molecular flexibility index (Phi) is 9.66. The molecular formula is C30H35ClN6O4. The molecule has 2 amide bonds. The van der Waals surface area contributed by atoms with Gasteiger partial charge in [-0.25, -0.2) is 0 Å². The third-order valence-electron chi connectivity index (χ3n) is 7.48. The van der Waals surface area contributed by atoms with E-state index in [9.17, 15) is 9.59 Å². The fraction of sp³-hybridized carbons (Fsp3) is 0.400. The number of morpholine rings is 1. The molecule has 0 aliphatic carbocycles. The second kappa shape index (κ2) is 13.8. The van der Waals surface area contributed by atoms with Crippen LogP contribution in [0.4, 0.5) is 5.82 Å². The molecule has 11 heteroatoms. The Morgan fingerprint density at radius 3 is 2.44 bits per heavy atom. The van der Waals surface area contributed by atoms with Gasteiger partial charge in [-0.1, -0.05) is 35.9 Å². The van der Waals surface area contributed by atoms with Crippen LogP contribution in [0, 0.1) is 0 Å². The van der Waals surface area contributed by atoms with Gasteiger partial charge in [0.05, 0.1) is 36.6 Å². The minimum absolute atomic E-state index is 0.00341. The van der Waals surface area contributed by atoms with Gasteiger partial charge in [-0.2, -0.15) is 0 Å². The molecule has 0 spiro atoms. The molecule has 0 unspecified atom stereocenters. The average Bonchev–Trinajstić information content (AvgIpc) is 3.03. The molecule has 0 saturated carbocycles. The van der Waals surface area contributed by atoms with Crippen molar-refractivity contribution in [3.63, 3.8) is 0 Å². The van der Waals surface area contributed by atoms with E-state index >= 15 is 0 Å². The number of hydrogen-bond acceptors (Lipinski definition) is 8. The zero-order chi connectivity index (χ0) is 28.6. The summed E-state index contributed by atoms with van der Waals surface area (Å²) < 4.78 is 10.7. The summed E-state index contributed by atoms with van der Waals surface area (Å²) in [6, 6.07) is 18.6. The fourth-order valence-corrected chi connectivity index (χ4v) is 5.24. The number of rotatable bonds is 9. The molecular weight excluding hydrogens is 544 g/mol. The zero-order valence-corrected chi connectivity index (χ0v) is 24.0. The quantitative estimate of drug-likeness (QED) is 0.383. The number of carbonyl (C=O) groups is 2. The minimum atomic E-state index is -0.234. The number of ether oxygens (including phenoxy) is 2. The number of piperazine rings is 1. The van der Waals surface area contributed by atoms with E-state index in [0.717, 1.165) is 35.9 Å². The first-order chi connectivity index (χ1) is 20.0. The van der Waals surface area contributed by atoms with Crippen LogP contribution >= 0.6 is 11.6 Å². The van der Waals surface area contributed by atoms with Crippen molar-refractivity contribution >= 4 is 29.2 Å². The van der Waals surface area contributed by atoms with Gasteiger partial charge in [0.1, 0.15) is 12.3 Å². The molecule has 216 valence electrons. The van der Waals surface area contributed by atoms with Crippen LogP contribution in [0.1, 0.15) is 10.4 Å². The van der Waals surface area contributed by atoms with E-state index in [1.54, 1.807) is 36.3 Å². The van der Waals surface area contributed by atoms with Gasteiger partial charge in [0.2, 0.25) is 5.91 Å². The summed E-state index contributed by atoms with van der Waals surface area (Å²) in [6.07, 6.45) is 0. The highest BCUT2D eigenvalue weighted by Gasteiger charge is 2.27. The number of amides is 2. The lowest BCUT2D eigenvalue weighted by atomic mass is 10.1. The van der Waals surface area contributed by atoms with Gasteiger partial charge in [0, 0.05) is 57.9 Å². The van der Waals surface area contributed by atoms with Gasteiger partial charge < -0.3 is 24.2 Å². The van der Waals surface area contributed by atoms with E-state index in [1.807, 2.05) is 41.3 Å². The van der Waals surface area contributed by atoms with Gasteiger partial charge in [0.15, 0.2) is 5.82 Å². The first-order valence-corrected chi connectivity index (χ1v) is 14.2. The van der Waals surface area contributed by atoms with Crippen LogP contribution in [0.5, 0.6) is 5.75 Å². The van der Waals surface area contributed by atoms with Crippen LogP contribution in [0.3, 0.4) is 0 Å². The Hall–Kier alpha value is -3.73. The van der Waals surface area contributed by atoms with Crippen LogP contribution in [0.2, 0.25) is 5.02 Å². The highest BCUT2D eigenvalue weighted by atomic mass is 35.5. The molecule has 0 bridgehead atoms. The Morgan fingerprint density at radius 1 is 0.951 bits per heavy atom. The fourth-order valence-electron chi connectivity index (χ4n) is 5.02. The van der Waals surface area contributed by atoms with E-state index in [0.29, 0.717) is 63.1 Å². The van der Waals surface area contributed by atoms with E-state index in [4.69, 9.17) is 21.1 Å². The van der Waals surface area contributed by atoms with E-state index in [1.165, 1.54) is 0 Å². The number of anilines is 1. The second-order valence-corrected chi connectivity index (χ2v) is 10.4. The molecule has 5 rings (SSSR count). The molecule has 2 aliphatic rings. The predicted molar refractivity (Wildman–Crippen MR) is 157 cm³/mol. The van der Waals surface area contributed by atoms with E-state index in [2.05, 4.69) is 20.0 Å². The standard InChI is InChI=1S/C30H35ClN6O4/c1-40-24-6-4-5-23(21-24)27-9-10-28(33-32-27)35-13-15-36(16-14-35)29(38)22-37(12-11-34-17-19-41-20-18-34)30(39)25-7-2-3-8-26(25)31/h2-10,21H,11-20,22H2,1H3. The predicted octanol–water partition coefficient (Wildman–Crippen LogP) is 2.93. The summed E-state index contributed by atoms with van der Waals surface area (Å²) in [7, 11) is 1.64. The van der Waals surface area contributed by atoms with Crippen molar-refractivity contribution in [2.75, 3.05) is 84.1 Å². The molecule has 2 aromatic carbocycles. The van der Waals surface area contributed by atoms with Gasteiger partial charge in [0.25, 0.3) is 5.91 Å². The van der Waals surface area contributed by atoms with Gasteiger partial charge in [-0.15, -0.1) is 10.2 Å². The zero-order valence-electron chi connectivity index (χ0n) is 23.2. The smallest absolute Gasteiger partial charge is 0.255 e. The number of halogens is 1. The van der Waals surface area contributed by atoms with Gasteiger partial charge in [-0.3, -0.25) is 14.5 Å². The average molecular weight is 579 g/mol. The molecule has 0 N–H and O–H groups in total. The molecule has 3 heterocycles. The van der Waals surface area contributed by atoms with Crippen molar-refractivity contribution in [2.24, 2.45) is 0 Å². The highest BCUT2D eigenvalue weighted by Crippen LogP contribution is 2.23. The number of benzene rings is 2. The van der Waals surface area contributed by atoms with Crippen molar-refractivity contribution < 1.29 is 19.1 Å².